The van der Waals surface area contributed by atoms with Crippen LogP contribution in [0.2, 0.25) is 10.0 Å². The predicted octanol–water partition coefficient (Wildman–Crippen LogP) is 8.75. The molecule has 2 aromatic heterocycles. The van der Waals surface area contributed by atoms with Crippen molar-refractivity contribution in [1.29, 1.82) is 0 Å². The number of aromatic nitrogens is 2. The molecule has 2 aliphatic rings. The van der Waals surface area contributed by atoms with Gasteiger partial charge < -0.3 is 20.4 Å². The first kappa shape index (κ1) is 36.9. The quantitative estimate of drug-likeness (QED) is 0.149. The second kappa shape index (κ2) is 15.9. The Morgan fingerprint density at radius 2 is 0.964 bits per heavy atom. The number of carbonyl (C=O) groups excluding carboxylic acids is 4. The molecular formula is C44H36Cl2N6O4. The Hall–Kier alpha value is -6.10. The van der Waals surface area contributed by atoms with E-state index in [4.69, 9.17) is 23.2 Å². The molecule has 0 unspecified atom stereocenters. The molecule has 4 aromatic carbocycles. The van der Waals surface area contributed by atoms with E-state index in [2.05, 4.69) is 20.6 Å². The summed E-state index contributed by atoms with van der Waals surface area (Å²) in [5, 5.41) is 9.83. The number of benzene rings is 4. The first-order valence-corrected chi connectivity index (χ1v) is 19.2. The number of nitrogens with one attached hydrogen (secondary N) is 2. The van der Waals surface area contributed by atoms with E-state index < -0.39 is 12.1 Å². The largest absolute Gasteiger partial charge is 0.325 e. The average molecular weight is 784 g/mol. The Labute approximate surface area is 333 Å². The standard InChI is InChI=1S/C44H36Cl2N6O4/c45-35-7-1-5-33-31(35)21-23-47-39(33)43(55)51-25-3-9-37(51)41(53)49-29-17-13-27(14-18-29)11-12-28-15-19-30(20-16-28)50-42(54)38-10-4-26-52(38)44(56)40-34-6-2-8-36(46)32(34)22-24-48-40/h1-2,5-8,11-24,37-38H,3-4,9-10,25-26H2,(H,49,53)(H,50,54)/b12-11+/t37-,38-/m0/s1. The molecule has 2 atom stereocenters. The molecule has 0 aliphatic carbocycles. The van der Waals surface area contributed by atoms with E-state index in [-0.39, 0.29) is 35.0 Å². The fourth-order valence-electron chi connectivity index (χ4n) is 7.51. The van der Waals surface area contributed by atoms with Gasteiger partial charge in [-0.1, -0.05) is 83.9 Å². The fraction of sp³-hybridized carbons (Fsp3) is 0.182. The lowest BCUT2D eigenvalue weighted by Gasteiger charge is -2.24. The van der Waals surface area contributed by atoms with Crippen LogP contribution < -0.4 is 10.6 Å². The van der Waals surface area contributed by atoms with Crippen molar-refractivity contribution in [2.75, 3.05) is 23.7 Å². The van der Waals surface area contributed by atoms with Crippen LogP contribution in [0.25, 0.3) is 33.7 Å². The summed E-state index contributed by atoms with van der Waals surface area (Å²) in [4.78, 5) is 65.9. The normalized spacial score (nSPS) is 16.8. The van der Waals surface area contributed by atoms with Gasteiger partial charge in [0.15, 0.2) is 0 Å². The van der Waals surface area contributed by atoms with Crippen LogP contribution >= 0.6 is 23.2 Å². The number of hydrogen-bond donors (Lipinski definition) is 2. The maximum absolute atomic E-state index is 13.6. The molecule has 280 valence electrons. The van der Waals surface area contributed by atoms with Gasteiger partial charge in [0.1, 0.15) is 23.5 Å². The molecule has 12 heteroatoms. The van der Waals surface area contributed by atoms with Crippen molar-refractivity contribution in [3.8, 4) is 0 Å². The van der Waals surface area contributed by atoms with Crippen molar-refractivity contribution in [1.82, 2.24) is 19.8 Å². The highest BCUT2D eigenvalue weighted by atomic mass is 35.5. The number of pyridine rings is 2. The Balaban J connectivity index is 0.862. The van der Waals surface area contributed by atoms with Crippen LogP contribution in [0.1, 0.15) is 57.8 Å². The molecule has 2 saturated heterocycles. The molecule has 2 aliphatic heterocycles. The highest BCUT2D eigenvalue weighted by Gasteiger charge is 2.37. The van der Waals surface area contributed by atoms with Gasteiger partial charge in [-0.3, -0.25) is 29.1 Å². The van der Waals surface area contributed by atoms with E-state index in [9.17, 15) is 19.2 Å². The average Bonchev–Trinajstić information content (AvgIpc) is 3.92. The summed E-state index contributed by atoms with van der Waals surface area (Å²) in [5.41, 5.74) is 3.67. The Bertz CT molecular complexity index is 2350. The topological polar surface area (TPSA) is 125 Å². The molecule has 6 aromatic rings. The number of nitrogens with zero attached hydrogens (tertiary/aromatic N) is 4. The molecule has 8 rings (SSSR count). The summed E-state index contributed by atoms with van der Waals surface area (Å²) in [5.74, 6) is -1.08. The minimum Gasteiger partial charge on any atom is -0.325 e. The van der Waals surface area contributed by atoms with Gasteiger partial charge >= 0.3 is 0 Å². The predicted molar refractivity (Wildman–Crippen MR) is 221 cm³/mol. The summed E-state index contributed by atoms with van der Waals surface area (Å²) in [6.07, 6.45) is 9.60. The molecule has 56 heavy (non-hydrogen) atoms. The van der Waals surface area contributed by atoms with Gasteiger partial charge in [-0.25, -0.2) is 0 Å². The number of likely N-dealkylation sites (tertiary alicyclic amines) is 2. The van der Waals surface area contributed by atoms with Crippen molar-refractivity contribution in [2.45, 2.75) is 37.8 Å². The third kappa shape index (κ3) is 7.45. The van der Waals surface area contributed by atoms with Crippen LogP contribution in [0.5, 0.6) is 0 Å². The van der Waals surface area contributed by atoms with E-state index >= 15 is 0 Å². The molecule has 2 N–H and O–H groups in total. The lowest BCUT2D eigenvalue weighted by molar-refractivity contribution is -0.120. The van der Waals surface area contributed by atoms with Gasteiger partial charge in [0, 0.05) is 68.4 Å². The minimum atomic E-state index is -0.613. The first-order chi connectivity index (χ1) is 27.2. The van der Waals surface area contributed by atoms with E-state index in [1.807, 2.05) is 72.8 Å². The lowest BCUT2D eigenvalue weighted by atomic mass is 10.1. The van der Waals surface area contributed by atoms with Crippen molar-refractivity contribution in [3.63, 3.8) is 0 Å². The van der Waals surface area contributed by atoms with Crippen LogP contribution in [0.4, 0.5) is 11.4 Å². The minimum absolute atomic E-state index is 0.246. The summed E-state index contributed by atoms with van der Waals surface area (Å²) in [6, 6.07) is 28.0. The molecule has 4 heterocycles. The number of halogens is 2. The highest BCUT2D eigenvalue weighted by molar-refractivity contribution is 6.36. The third-order valence-corrected chi connectivity index (χ3v) is 11.0. The van der Waals surface area contributed by atoms with Crippen LogP contribution in [0, 0.1) is 0 Å². The molecule has 4 amide bonds. The fourth-order valence-corrected chi connectivity index (χ4v) is 7.99. The van der Waals surface area contributed by atoms with Crippen LogP contribution in [0.15, 0.2) is 109 Å². The van der Waals surface area contributed by atoms with E-state index in [0.717, 1.165) is 21.9 Å². The summed E-state index contributed by atoms with van der Waals surface area (Å²) < 4.78 is 0. The molecule has 0 radical (unpaired) electrons. The molecular weight excluding hydrogens is 747 g/mol. The van der Waals surface area contributed by atoms with Crippen LogP contribution in [-0.4, -0.2) is 68.6 Å². The van der Waals surface area contributed by atoms with Crippen molar-refractivity contribution >= 4 is 91.9 Å². The summed E-state index contributed by atoms with van der Waals surface area (Å²) in [6.45, 7) is 0.932. The Kier molecular flexibility index (Phi) is 10.5. The summed E-state index contributed by atoms with van der Waals surface area (Å²) in [7, 11) is 0. The van der Waals surface area contributed by atoms with Crippen LogP contribution in [-0.2, 0) is 9.59 Å². The van der Waals surface area contributed by atoms with Gasteiger partial charge in [0.2, 0.25) is 11.8 Å². The highest BCUT2D eigenvalue weighted by Crippen LogP contribution is 2.30. The van der Waals surface area contributed by atoms with E-state index in [1.165, 1.54) is 0 Å². The maximum atomic E-state index is 13.6. The van der Waals surface area contributed by atoms with E-state index in [0.29, 0.717) is 71.0 Å². The SMILES string of the molecule is O=C(Nc1ccc(/C=C/c2ccc(NC(=O)[C@@H]3CCCN3C(=O)c3nccc4c(Cl)cccc34)cc2)cc1)[C@@H]1CCCN1C(=O)c1nccc2c(Cl)cccc12. The Morgan fingerprint density at radius 1 is 0.554 bits per heavy atom. The van der Waals surface area contributed by atoms with E-state index in [1.54, 1.807) is 58.6 Å². The maximum Gasteiger partial charge on any atom is 0.273 e. The van der Waals surface area contributed by atoms with Crippen molar-refractivity contribution in [3.05, 3.63) is 142 Å². The monoisotopic (exact) mass is 782 g/mol. The Morgan fingerprint density at radius 3 is 1.38 bits per heavy atom. The van der Waals surface area contributed by atoms with Crippen molar-refractivity contribution in [2.24, 2.45) is 0 Å². The zero-order valence-corrected chi connectivity index (χ0v) is 31.6. The zero-order valence-electron chi connectivity index (χ0n) is 30.1. The van der Waals surface area contributed by atoms with Crippen LogP contribution in [0.3, 0.4) is 0 Å². The number of rotatable bonds is 8. The van der Waals surface area contributed by atoms with Gasteiger partial charge in [-0.15, -0.1) is 0 Å². The number of carbonyl (C=O) groups is 4. The lowest BCUT2D eigenvalue weighted by Crippen LogP contribution is -2.43. The van der Waals surface area contributed by atoms with Gasteiger partial charge in [0.05, 0.1) is 0 Å². The number of amides is 4. The summed E-state index contributed by atoms with van der Waals surface area (Å²) >= 11 is 12.7. The third-order valence-electron chi connectivity index (χ3n) is 10.4. The van der Waals surface area contributed by atoms with Gasteiger partial charge in [-0.2, -0.15) is 0 Å². The second-order valence-corrected chi connectivity index (χ2v) is 14.7. The first-order valence-electron chi connectivity index (χ1n) is 18.4. The molecule has 10 nitrogen and oxygen atoms in total. The molecule has 2 fully saturated rings. The molecule has 0 saturated carbocycles. The number of hydrogen-bond acceptors (Lipinski definition) is 6. The van der Waals surface area contributed by atoms with Crippen molar-refractivity contribution < 1.29 is 19.2 Å². The smallest absolute Gasteiger partial charge is 0.273 e. The zero-order chi connectivity index (χ0) is 38.8. The van der Waals surface area contributed by atoms with Gasteiger partial charge in [0.25, 0.3) is 11.8 Å². The molecule has 0 spiro atoms. The molecule has 0 bridgehead atoms. The number of fused-ring (bicyclic) bond motifs is 2. The number of anilines is 2. The van der Waals surface area contributed by atoms with Gasteiger partial charge in [-0.05, 0) is 85.3 Å². The second-order valence-electron chi connectivity index (χ2n) is 13.9.